The molecule has 0 atom stereocenters. The monoisotopic (exact) mass is 471 g/mol. The van der Waals surface area contributed by atoms with Crippen LogP contribution in [0.5, 0.6) is 5.75 Å². The highest BCUT2D eigenvalue weighted by Gasteiger charge is 2.71. The predicted molar refractivity (Wildman–Crippen MR) is 105 cm³/mol. The lowest BCUT2D eigenvalue weighted by Gasteiger charge is -2.68. The maximum atomic E-state index is 13.4. The molecule has 4 fully saturated rings. The van der Waals surface area contributed by atoms with Crippen molar-refractivity contribution in [2.75, 3.05) is 6.61 Å². The van der Waals surface area contributed by atoms with Gasteiger partial charge in [-0.25, -0.2) is 4.39 Å². The van der Waals surface area contributed by atoms with Crippen molar-refractivity contribution >= 4 is 17.5 Å². The second kappa shape index (κ2) is 7.34. The molecule has 11 heteroatoms. The third-order valence-electron chi connectivity index (χ3n) is 6.41. The largest absolute Gasteiger partial charge is 0.484 e. The Hall–Kier alpha value is -2.33. The molecule has 2 bridgehead atoms. The molecular weight excluding hydrogens is 451 g/mol. The molecule has 1 amide bonds. The van der Waals surface area contributed by atoms with Crippen LogP contribution in [-0.4, -0.2) is 40.5 Å². The quantitative estimate of drug-likeness (QED) is 0.623. The van der Waals surface area contributed by atoms with Crippen molar-refractivity contribution in [1.29, 1.82) is 0 Å². The van der Waals surface area contributed by atoms with Gasteiger partial charge in [-0.15, -0.1) is 10.2 Å². The first-order valence-corrected chi connectivity index (χ1v) is 10.7. The Morgan fingerprint density at radius 2 is 2.03 bits per heavy atom. The molecule has 4 saturated carbocycles. The zero-order valence-corrected chi connectivity index (χ0v) is 17.9. The molecule has 1 aromatic carbocycles. The molecule has 1 aromatic heterocycles. The summed E-state index contributed by atoms with van der Waals surface area (Å²) in [5.41, 5.74) is -0.558. The van der Waals surface area contributed by atoms with E-state index in [0.29, 0.717) is 43.9 Å². The lowest BCUT2D eigenvalue weighted by Crippen LogP contribution is -2.77. The van der Waals surface area contributed by atoms with Crippen molar-refractivity contribution < 1.29 is 31.9 Å². The van der Waals surface area contributed by atoms with E-state index in [1.807, 2.05) is 0 Å². The first-order valence-electron chi connectivity index (χ1n) is 10.3. The van der Waals surface area contributed by atoms with Crippen LogP contribution in [0, 0.1) is 5.82 Å². The second-order valence-electron chi connectivity index (χ2n) is 9.17. The Kier molecular flexibility index (Phi) is 4.94. The van der Waals surface area contributed by atoms with E-state index in [1.165, 1.54) is 12.1 Å². The zero-order chi connectivity index (χ0) is 22.7. The minimum Gasteiger partial charge on any atom is -0.484 e. The molecule has 1 N–H and O–H groups in total. The standard InChI is InChI=1S/C21H21ClF3N3O4/c1-19(24,25)32-13-4-11(5-13)17-27-28-18(31-17)20-8-21(9-20,10-20)26-16(29)7-30-12-2-3-14(22)15(23)6-12/h2-3,6,11,13H,4-5,7-10H2,1H3,(H,26,29). The van der Waals surface area contributed by atoms with Crippen LogP contribution < -0.4 is 10.1 Å². The summed E-state index contributed by atoms with van der Waals surface area (Å²) in [6.45, 7) is 0.494. The predicted octanol–water partition coefficient (Wildman–Crippen LogP) is 4.11. The molecule has 0 aliphatic heterocycles. The summed E-state index contributed by atoms with van der Waals surface area (Å²) in [4.78, 5) is 12.2. The third kappa shape index (κ3) is 3.94. The van der Waals surface area contributed by atoms with Crippen molar-refractivity contribution in [3.8, 4) is 5.75 Å². The van der Waals surface area contributed by atoms with E-state index < -0.39 is 18.0 Å². The van der Waals surface area contributed by atoms with Gasteiger partial charge in [-0.2, -0.15) is 8.78 Å². The van der Waals surface area contributed by atoms with Crippen molar-refractivity contribution in [1.82, 2.24) is 15.5 Å². The van der Waals surface area contributed by atoms with Crippen molar-refractivity contribution in [2.24, 2.45) is 0 Å². The number of nitrogens with one attached hydrogen (secondary N) is 1. The molecule has 4 aliphatic rings. The van der Waals surface area contributed by atoms with Crippen molar-refractivity contribution in [3.05, 3.63) is 40.8 Å². The average Bonchev–Trinajstić information content (AvgIpc) is 3.09. The Morgan fingerprint density at radius 3 is 2.69 bits per heavy atom. The van der Waals surface area contributed by atoms with Crippen LogP contribution in [0.15, 0.2) is 22.6 Å². The van der Waals surface area contributed by atoms with Gasteiger partial charge in [0.1, 0.15) is 11.6 Å². The maximum Gasteiger partial charge on any atom is 0.353 e. The highest BCUT2D eigenvalue weighted by Crippen LogP contribution is 2.67. The summed E-state index contributed by atoms with van der Waals surface area (Å²) in [5, 5.41) is 11.2. The van der Waals surface area contributed by atoms with Gasteiger partial charge in [0.15, 0.2) is 6.61 Å². The third-order valence-corrected chi connectivity index (χ3v) is 6.71. The number of aromatic nitrogens is 2. The van der Waals surface area contributed by atoms with Crippen LogP contribution in [0.2, 0.25) is 5.02 Å². The highest BCUT2D eigenvalue weighted by molar-refractivity contribution is 6.30. The fraction of sp³-hybridized carbons (Fsp3) is 0.571. The van der Waals surface area contributed by atoms with E-state index in [1.54, 1.807) is 0 Å². The summed E-state index contributed by atoms with van der Waals surface area (Å²) in [6, 6.07) is 3.98. The van der Waals surface area contributed by atoms with Crippen LogP contribution in [-0.2, 0) is 14.9 Å². The Balaban J connectivity index is 1.08. The minimum absolute atomic E-state index is 0.0156. The molecule has 7 nitrogen and oxygen atoms in total. The molecule has 172 valence electrons. The Bertz CT molecular complexity index is 1030. The number of carbonyl (C=O) groups excluding carboxylic acids is 1. The van der Waals surface area contributed by atoms with Gasteiger partial charge in [0.05, 0.1) is 16.5 Å². The van der Waals surface area contributed by atoms with Gasteiger partial charge in [-0.05, 0) is 44.2 Å². The van der Waals surface area contributed by atoms with Crippen LogP contribution in [0.25, 0.3) is 0 Å². The van der Waals surface area contributed by atoms with E-state index in [4.69, 9.17) is 20.8 Å². The number of hydrogen-bond acceptors (Lipinski definition) is 6. The van der Waals surface area contributed by atoms with E-state index in [2.05, 4.69) is 20.3 Å². The number of hydrogen-bond donors (Lipinski definition) is 1. The molecule has 0 radical (unpaired) electrons. The van der Waals surface area contributed by atoms with Crippen LogP contribution >= 0.6 is 11.6 Å². The normalized spacial score (nSPS) is 30.7. The lowest BCUT2D eigenvalue weighted by molar-refractivity contribution is -0.265. The SMILES string of the molecule is CC(F)(F)OC1CC(c2nnc(C34CC(NC(=O)COc5ccc(Cl)c(F)c5)(C3)C4)o2)C1. The number of halogens is 4. The van der Waals surface area contributed by atoms with Crippen molar-refractivity contribution in [2.45, 2.75) is 68.1 Å². The first kappa shape index (κ1) is 21.5. The lowest BCUT2D eigenvalue weighted by atomic mass is 9.39. The van der Waals surface area contributed by atoms with Gasteiger partial charge < -0.3 is 19.2 Å². The number of alkyl halides is 2. The summed E-state index contributed by atoms with van der Waals surface area (Å²) >= 11 is 5.63. The average molecular weight is 472 g/mol. The van der Waals surface area contributed by atoms with Crippen LogP contribution in [0.3, 0.4) is 0 Å². The van der Waals surface area contributed by atoms with Gasteiger partial charge >= 0.3 is 6.11 Å². The number of amides is 1. The maximum absolute atomic E-state index is 13.4. The summed E-state index contributed by atoms with van der Waals surface area (Å²) in [6.07, 6.45) is -0.749. The molecule has 32 heavy (non-hydrogen) atoms. The second-order valence-corrected chi connectivity index (χ2v) is 9.57. The van der Waals surface area contributed by atoms with E-state index in [0.717, 1.165) is 13.0 Å². The minimum atomic E-state index is -3.14. The topological polar surface area (TPSA) is 86.5 Å². The number of nitrogens with zero attached hydrogens (tertiary/aromatic N) is 2. The van der Waals surface area contributed by atoms with E-state index in [9.17, 15) is 18.0 Å². The molecule has 0 spiro atoms. The van der Waals surface area contributed by atoms with Gasteiger partial charge in [0, 0.05) is 24.4 Å². The molecular formula is C21H21ClF3N3O4. The van der Waals surface area contributed by atoms with Gasteiger partial charge in [0.2, 0.25) is 11.8 Å². The molecule has 4 aliphatic carbocycles. The number of carbonyl (C=O) groups is 1. The summed E-state index contributed by atoms with van der Waals surface area (Å²) < 4.78 is 55.1. The van der Waals surface area contributed by atoms with E-state index >= 15 is 0 Å². The molecule has 0 unspecified atom stereocenters. The number of benzene rings is 1. The van der Waals surface area contributed by atoms with E-state index in [-0.39, 0.29) is 40.2 Å². The van der Waals surface area contributed by atoms with Crippen LogP contribution in [0.1, 0.15) is 56.7 Å². The molecule has 1 heterocycles. The molecule has 6 rings (SSSR count). The molecule has 0 saturated heterocycles. The molecule has 2 aromatic rings. The Morgan fingerprint density at radius 1 is 1.31 bits per heavy atom. The van der Waals surface area contributed by atoms with Crippen LogP contribution in [0.4, 0.5) is 13.2 Å². The van der Waals surface area contributed by atoms with Gasteiger partial charge in [-0.3, -0.25) is 4.79 Å². The fourth-order valence-electron chi connectivity index (χ4n) is 4.96. The summed E-state index contributed by atoms with van der Waals surface area (Å²) in [7, 11) is 0. The number of rotatable bonds is 8. The smallest absolute Gasteiger partial charge is 0.353 e. The van der Waals surface area contributed by atoms with Crippen molar-refractivity contribution in [3.63, 3.8) is 0 Å². The zero-order valence-electron chi connectivity index (χ0n) is 17.2. The first-order chi connectivity index (χ1) is 15.0. The van der Waals surface area contributed by atoms with Gasteiger partial charge in [-0.1, -0.05) is 11.6 Å². The summed E-state index contributed by atoms with van der Waals surface area (Å²) in [5.74, 6) is 0.221. The Labute approximate surface area is 186 Å². The highest BCUT2D eigenvalue weighted by atomic mass is 35.5. The van der Waals surface area contributed by atoms with Gasteiger partial charge in [0.25, 0.3) is 5.91 Å². The number of ether oxygens (including phenoxy) is 2. The fourth-order valence-corrected chi connectivity index (χ4v) is 5.08.